The quantitative estimate of drug-likeness (QED) is 0.746. The Morgan fingerprint density at radius 3 is 2.62 bits per heavy atom. The lowest BCUT2D eigenvalue weighted by atomic mass is 10.1. The average Bonchev–Trinajstić information content (AvgIpc) is 2.92. The molecule has 0 saturated carbocycles. The molecule has 4 nitrogen and oxygen atoms in total. The van der Waals surface area contributed by atoms with Gasteiger partial charge in [0.2, 0.25) is 0 Å². The van der Waals surface area contributed by atoms with E-state index in [1.807, 2.05) is 55.5 Å². The van der Waals surface area contributed by atoms with E-state index >= 15 is 0 Å². The number of hydrogen-bond acceptors (Lipinski definition) is 3. The van der Waals surface area contributed by atoms with Crippen molar-refractivity contribution in [1.29, 1.82) is 0 Å². The second-order valence-electron chi connectivity index (χ2n) is 4.88. The normalized spacial score (nSPS) is 10.5. The van der Waals surface area contributed by atoms with E-state index in [4.69, 9.17) is 10.6 Å². The van der Waals surface area contributed by atoms with Crippen molar-refractivity contribution in [3.05, 3.63) is 72.1 Å². The van der Waals surface area contributed by atoms with Gasteiger partial charge in [0, 0.05) is 12.4 Å². The second kappa shape index (κ2) is 5.71. The van der Waals surface area contributed by atoms with E-state index in [2.05, 4.69) is 4.98 Å². The Morgan fingerprint density at radius 2 is 1.90 bits per heavy atom. The molecule has 0 aliphatic rings. The number of hydrogen-bond donors (Lipinski definition) is 1. The number of nitrogens with zero attached hydrogens (tertiary/aromatic N) is 2. The Balaban J connectivity index is 1.92. The van der Waals surface area contributed by atoms with Crippen molar-refractivity contribution in [3.8, 4) is 17.1 Å². The standard InChI is InChI=1S/C17H17N3O/c1-13-6-5-9-15(16(13)17-19-10-11-20(17)18)21-12-14-7-3-2-4-8-14/h2-11H,12,18H2,1H3. The van der Waals surface area contributed by atoms with Gasteiger partial charge < -0.3 is 10.6 Å². The lowest BCUT2D eigenvalue weighted by molar-refractivity contribution is 0.307. The number of aromatic nitrogens is 2. The minimum atomic E-state index is 0.516. The molecule has 0 aliphatic carbocycles. The third-order valence-electron chi connectivity index (χ3n) is 3.36. The zero-order chi connectivity index (χ0) is 14.7. The highest BCUT2D eigenvalue weighted by Gasteiger charge is 2.13. The molecule has 2 N–H and O–H groups in total. The zero-order valence-electron chi connectivity index (χ0n) is 11.9. The maximum absolute atomic E-state index is 5.97. The number of imidazole rings is 1. The van der Waals surface area contributed by atoms with Crippen LogP contribution in [0.15, 0.2) is 60.9 Å². The summed E-state index contributed by atoms with van der Waals surface area (Å²) in [5, 5.41) is 0. The molecule has 106 valence electrons. The maximum atomic E-state index is 5.97. The molecule has 0 aliphatic heterocycles. The van der Waals surface area contributed by atoms with Crippen LogP contribution in [-0.4, -0.2) is 9.66 Å². The van der Waals surface area contributed by atoms with Crippen molar-refractivity contribution in [2.45, 2.75) is 13.5 Å². The van der Waals surface area contributed by atoms with Gasteiger partial charge in [0.25, 0.3) is 0 Å². The fourth-order valence-electron chi connectivity index (χ4n) is 2.29. The molecule has 21 heavy (non-hydrogen) atoms. The molecule has 0 spiro atoms. The highest BCUT2D eigenvalue weighted by molar-refractivity contribution is 5.68. The second-order valence-corrected chi connectivity index (χ2v) is 4.88. The lowest BCUT2D eigenvalue weighted by Crippen LogP contribution is -2.10. The van der Waals surface area contributed by atoms with E-state index in [-0.39, 0.29) is 0 Å². The number of rotatable bonds is 4. The summed E-state index contributed by atoms with van der Waals surface area (Å²) in [5.74, 6) is 7.41. The predicted molar refractivity (Wildman–Crippen MR) is 83.3 cm³/mol. The van der Waals surface area contributed by atoms with E-state index in [0.717, 1.165) is 22.4 Å². The summed E-state index contributed by atoms with van der Waals surface area (Å²) in [6.45, 7) is 2.54. The fourth-order valence-corrected chi connectivity index (χ4v) is 2.29. The van der Waals surface area contributed by atoms with Crippen LogP contribution in [0.1, 0.15) is 11.1 Å². The Kier molecular flexibility index (Phi) is 3.60. The lowest BCUT2D eigenvalue weighted by Gasteiger charge is -2.13. The minimum Gasteiger partial charge on any atom is -0.488 e. The first kappa shape index (κ1) is 13.2. The Bertz CT molecular complexity index is 735. The first-order valence-electron chi connectivity index (χ1n) is 6.81. The molecule has 0 atom stereocenters. The Labute approximate surface area is 123 Å². The molecule has 3 rings (SSSR count). The highest BCUT2D eigenvalue weighted by Crippen LogP contribution is 2.31. The van der Waals surface area contributed by atoms with Crippen molar-refractivity contribution in [2.75, 3.05) is 5.84 Å². The number of benzene rings is 2. The smallest absolute Gasteiger partial charge is 0.162 e. The van der Waals surface area contributed by atoms with Crippen molar-refractivity contribution < 1.29 is 4.74 Å². The van der Waals surface area contributed by atoms with Gasteiger partial charge in [-0.3, -0.25) is 4.68 Å². The molecular formula is C17H17N3O. The van der Waals surface area contributed by atoms with Gasteiger partial charge in [-0.15, -0.1) is 0 Å². The van der Waals surface area contributed by atoms with Crippen LogP contribution in [0.2, 0.25) is 0 Å². The van der Waals surface area contributed by atoms with E-state index in [1.54, 1.807) is 12.4 Å². The van der Waals surface area contributed by atoms with Crippen molar-refractivity contribution in [1.82, 2.24) is 9.66 Å². The maximum Gasteiger partial charge on any atom is 0.162 e. The summed E-state index contributed by atoms with van der Waals surface area (Å²) in [7, 11) is 0. The topological polar surface area (TPSA) is 53.1 Å². The van der Waals surface area contributed by atoms with E-state index in [1.165, 1.54) is 4.68 Å². The summed E-state index contributed by atoms with van der Waals surface area (Å²) in [6, 6.07) is 16.0. The van der Waals surface area contributed by atoms with Crippen molar-refractivity contribution >= 4 is 0 Å². The number of nitrogens with two attached hydrogens (primary N) is 1. The van der Waals surface area contributed by atoms with Gasteiger partial charge in [0.1, 0.15) is 12.4 Å². The minimum absolute atomic E-state index is 0.516. The van der Waals surface area contributed by atoms with Crippen LogP contribution < -0.4 is 10.6 Å². The Morgan fingerprint density at radius 1 is 1.10 bits per heavy atom. The van der Waals surface area contributed by atoms with Crippen LogP contribution in [0.4, 0.5) is 0 Å². The molecule has 0 unspecified atom stereocenters. The van der Waals surface area contributed by atoms with Crippen LogP contribution in [0, 0.1) is 6.92 Å². The molecule has 1 heterocycles. The number of ether oxygens (including phenoxy) is 1. The molecule has 0 radical (unpaired) electrons. The largest absolute Gasteiger partial charge is 0.488 e. The molecule has 0 fully saturated rings. The number of nitrogen functional groups attached to an aromatic ring is 1. The summed E-state index contributed by atoms with van der Waals surface area (Å²) >= 11 is 0. The molecule has 0 bridgehead atoms. The third-order valence-corrected chi connectivity index (χ3v) is 3.36. The van der Waals surface area contributed by atoms with Crippen LogP contribution in [0.25, 0.3) is 11.4 Å². The SMILES string of the molecule is Cc1cccc(OCc2ccccc2)c1-c1nccn1N. The molecule has 2 aromatic carbocycles. The Hall–Kier alpha value is -2.75. The van der Waals surface area contributed by atoms with Crippen LogP contribution in [-0.2, 0) is 6.61 Å². The molecule has 0 amide bonds. The van der Waals surface area contributed by atoms with Gasteiger partial charge in [-0.1, -0.05) is 42.5 Å². The third kappa shape index (κ3) is 2.74. The summed E-state index contributed by atoms with van der Waals surface area (Å²) in [5.41, 5.74) is 3.14. The summed E-state index contributed by atoms with van der Waals surface area (Å²) < 4.78 is 7.49. The molecule has 4 heteroatoms. The van der Waals surface area contributed by atoms with Gasteiger partial charge in [-0.05, 0) is 24.1 Å². The van der Waals surface area contributed by atoms with Gasteiger partial charge in [0.05, 0.1) is 5.56 Å². The van der Waals surface area contributed by atoms with Gasteiger partial charge in [-0.2, -0.15) is 0 Å². The van der Waals surface area contributed by atoms with Crippen molar-refractivity contribution in [2.24, 2.45) is 0 Å². The zero-order valence-corrected chi connectivity index (χ0v) is 11.9. The fraction of sp³-hybridized carbons (Fsp3) is 0.118. The van der Waals surface area contributed by atoms with Crippen LogP contribution >= 0.6 is 0 Å². The molecular weight excluding hydrogens is 262 g/mol. The van der Waals surface area contributed by atoms with Gasteiger partial charge in [0.15, 0.2) is 5.82 Å². The highest BCUT2D eigenvalue weighted by atomic mass is 16.5. The van der Waals surface area contributed by atoms with Crippen molar-refractivity contribution in [3.63, 3.8) is 0 Å². The van der Waals surface area contributed by atoms with Crippen LogP contribution in [0.3, 0.4) is 0 Å². The van der Waals surface area contributed by atoms with E-state index in [0.29, 0.717) is 12.4 Å². The monoisotopic (exact) mass is 279 g/mol. The molecule has 3 aromatic rings. The molecule has 1 aromatic heterocycles. The first-order chi connectivity index (χ1) is 10.3. The number of aryl methyl sites for hydroxylation is 1. The van der Waals surface area contributed by atoms with Gasteiger partial charge in [-0.25, -0.2) is 4.98 Å². The average molecular weight is 279 g/mol. The first-order valence-corrected chi connectivity index (χ1v) is 6.81. The van der Waals surface area contributed by atoms with E-state index < -0.39 is 0 Å². The summed E-state index contributed by atoms with van der Waals surface area (Å²) in [4.78, 5) is 4.32. The predicted octanol–water partition coefficient (Wildman–Crippen LogP) is 3.15. The van der Waals surface area contributed by atoms with Crippen LogP contribution in [0.5, 0.6) is 5.75 Å². The van der Waals surface area contributed by atoms with E-state index in [9.17, 15) is 0 Å². The van der Waals surface area contributed by atoms with Gasteiger partial charge >= 0.3 is 0 Å². The summed E-state index contributed by atoms with van der Waals surface area (Å²) in [6.07, 6.45) is 3.41. The molecule has 0 saturated heterocycles.